The number of hydrogen-bond acceptors (Lipinski definition) is 3. The molecule has 80 valence electrons. The van der Waals surface area contributed by atoms with Crippen molar-refractivity contribution in [1.29, 1.82) is 0 Å². The maximum absolute atomic E-state index is 13.3. The van der Waals surface area contributed by atoms with E-state index in [1.54, 1.807) is 0 Å². The Morgan fingerprint density at radius 1 is 1.12 bits per heavy atom. The maximum atomic E-state index is 13.3. The van der Waals surface area contributed by atoms with Gasteiger partial charge in [0.05, 0.1) is 11.8 Å². The number of benzene rings is 1. The van der Waals surface area contributed by atoms with Gasteiger partial charge in [0, 0.05) is 12.4 Å². The summed E-state index contributed by atoms with van der Waals surface area (Å²) in [7, 11) is 0. The minimum absolute atomic E-state index is 0.0912. The van der Waals surface area contributed by atoms with E-state index in [2.05, 4.69) is 9.97 Å². The minimum atomic E-state index is -0.907. The fraction of sp³-hybridized carbons (Fsp3) is 0. The van der Waals surface area contributed by atoms with Crippen molar-refractivity contribution in [3.05, 3.63) is 59.7 Å². The Balaban J connectivity index is 2.50. The monoisotopic (exact) mass is 220 g/mol. The first-order chi connectivity index (χ1) is 7.70. The first kappa shape index (κ1) is 10.4. The Kier molecular flexibility index (Phi) is 2.68. The largest absolute Gasteiger partial charge is 0.287 e. The van der Waals surface area contributed by atoms with E-state index in [1.165, 1.54) is 18.5 Å². The van der Waals surface area contributed by atoms with Gasteiger partial charge in [-0.25, -0.2) is 13.8 Å². The third-order valence-electron chi connectivity index (χ3n) is 1.99. The first-order valence-corrected chi connectivity index (χ1v) is 4.45. The predicted octanol–water partition coefficient (Wildman–Crippen LogP) is 1.99. The lowest BCUT2D eigenvalue weighted by molar-refractivity contribution is 0.102. The third-order valence-corrected chi connectivity index (χ3v) is 1.99. The molecule has 16 heavy (non-hydrogen) atoms. The summed E-state index contributed by atoms with van der Waals surface area (Å²) in [5.74, 6) is -2.63. The molecule has 3 nitrogen and oxygen atoms in total. The third kappa shape index (κ3) is 1.79. The van der Waals surface area contributed by atoms with Gasteiger partial charge >= 0.3 is 0 Å². The molecule has 0 unspecified atom stereocenters. The number of rotatable bonds is 2. The Morgan fingerprint density at radius 3 is 2.38 bits per heavy atom. The summed E-state index contributed by atoms with van der Waals surface area (Å²) in [4.78, 5) is 19.1. The van der Waals surface area contributed by atoms with E-state index in [9.17, 15) is 13.6 Å². The van der Waals surface area contributed by atoms with Crippen LogP contribution in [0.25, 0.3) is 0 Å². The number of aromatic nitrogens is 2. The van der Waals surface area contributed by atoms with E-state index < -0.39 is 23.0 Å². The van der Waals surface area contributed by atoms with Gasteiger partial charge in [-0.2, -0.15) is 0 Å². The molecule has 0 atom stereocenters. The van der Waals surface area contributed by atoms with Crippen LogP contribution in [0.15, 0.2) is 36.8 Å². The number of hydrogen-bond donors (Lipinski definition) is 0. The number of nitrogens with zero attached hydrogens (tertiary/aromatic N) is 2. The molecule has 0 saturated carbocycles. The molecular formula is C11H6F2N2O. The number of carbonyl (C=O) groups excluding carboxylic acids is 1. The number of carbonyl (C=O) groups is 1. The van der Waals surface area contributed by atoms with Crippen LogP contribution < -0.4 is 0 Å². The van der Waals surface area contributed by atoms with Gasteiger partial charge in [0.2, 0.25) is 5.78 Å². The molecule has 0 bridgehead atoms. The van der Waals surface area contributed by atoms with Gasteiger partial charge in [0.15, 0.2) is 0 Å². The molecule has 0 fully saturated rings. The molecule has 0 radical (unpaired) electrons. The zero-order valence-corrected chi connectivity index (χ0v) is 8.02. The molecular weight excluding hydrogens is 214 g/mol. The van der Waals surface area contributed by atoms with Crippen LogP contribution in [0.4, 0.5) is 8.78 Å². The fourth-order valence-electron chi connectivity index (χ4n) is 1.26. The van der Waals surface area contributed by atoms with Gasteiger partial charge in [-0.15, -0.1) is 0 Å². The van der Waals surface area contributed by atoms with Crippen molar-refractivity contribution >= 4 is 5.78 Å². The van der Waals surface area contributed by atoms with Crippen molar-refractivity contribution in [2.75, 3.05) is 0 Å². The molecule has 0 aliphatic rings. The van der Waals surface area contributed by atoms with Crippen LogP contribution in [-0.2, 0) is 0 Å². The normalized spacial score (nSPS) is 10.1. The van der Waals surface area contributed by atoms with E-state index in [-0.39, 0.29) is 5.69 Å². The second-order valence-corrected chi connectivity index (χ2v) is 3.02. The molecule has 1 heterocycles. The second kappa shape index (κ2) is 4.14. The van der Waals surface area contributed by atoms with Crippen molar-refractivity contribution in [1.82, 2.24) is 9.97 Å². The lowest BCUT2D eigenvalue weighted by Gasteiger charge is -2.02. The lowest BCUT2D eigenvalue weighted by Crippen LogP contribution is -2.09. The van der Waals surface area contributed by atoms with Gasteiger partial charge in [-0.1, -0.05) is 6.07 Å². The highest BCUT2D eigenvalue weighted by Gasteiger charge is 2.19. The number of halogens is 2. The van der Waals surface area contributed by atoms with Gasteiger partial charge in [0.25, 0.3) is 0 Å². The van der Waals surface area contributed by atoms with Gasteiger partial charge in [-0.05, 0) is 12.1 Å². The molecule has 0 aliphatic heterocycles. The molecule has 5 heteroatoms. The summed E-state index contributed by atoms with van der Waals surface area (Å²) in [6.45, 7) is 0. The van der Waals surface area contributed by atoms with Crippen LogP contribution in [0, 0.1) is 11.6 Å². The van der Waals surface area contributed by atoms with Crippen molar-refractivity contribution in [3.8, 4) is 0 Å². The zero-order chi connectivity index (χ0) is 11.5. The average Bonchev–Trinajstić information content (AvgIpc) is 2.30. The van der Waals surface area contributed by atoms with Crippen LogP contribution in [0.2, 0.25) is 0 Å². The molecule has 0 N–H and O–H groups in total. The quantitative estimate of drug-likeness (QED) is 0.727. The van der Waals surface area contributed by atoms with Gasteiger partial charge < -0.3 is 0 Å². The van der Waals surface area contributed by atoms with Crippen LogP contribution in [0.3, 0.4) is 0 Å². The molecule has 2 aromatic rings. The van der Waals surface area contributed by atoms with Crippen molar-refractivity contribution in [2.24, 2.45) is 0 Å². The fourth-order valence-corrected chi connectivity index (χ4v) is 1.26. The van der Waals surface area contributed by atoms with Crippen LogP contribution in [-0.4, -0.2) is 15.8 Å². The molecule has 0 aliphatic carbocycles. The topological polar surface area (TPSA) is 42.9 Å². The molecule has 1 aromatic heterocycles. The summed E-state index contributed by atoms with van der Waals surface area (Å²) in [6.07, 6.45) is 3.81. The molecule has 2 rings (SSSR count). The van der Waals surface area contributed by atoms with Crippen LogP contribution in [0.1, 0.15) is 16.1 Å². The van der Waals surface area contributed by atoms with E-state index in [1.807, 2.05) is 0 Å². The summed E-state index contributed by atoms with van der Waals surface area (Å²) < 4.78 is 26.6. The maximum Gasteiger partial charge on any atom is 0.218 e. The Labute approximate surface area is 89.8 Å². The SMILES string of the molecule is O=C(c1cnccn1)c1c(F)cccc1F. The van der Waals surface area contributed by atoms with Crippen LogP contribution >= 0.6 is 0 Å². The Hall–Kier alpha value is -2.17. The zero-order valence-electron chi connectivity index (χ0n) is 8.02. The van der Waals surface area contributed by atoms with E-state index in [4.69, 9.17) is 0 Å². The highest BCUT2D eigenvalue weighted by molar-refractivity contribution is 6.07. The first-order valence-electron chi connectivity index (χ1n) is 4.45. The molecule has 0 amide bonds. The van der Waals surface area contributed by atoms with Gasteiger partial charge in [0.1, 0.15) is 17.3 Å². The van der Waals surface area contributed by atoms with Crippen molar-refractivity contribution in [2.45, 2.75) is 0 Å². The van der Waals surface area contributed by atoms with Crippen molar-refractivity contribution in [3.63, 3.8) is 0 Å². The molecule has 1 aromatic carbocycles. The second-order valence-electron chi connectivity index (χ2n) is 3.02. The molecule has 0 saturated heterocycles. The molecule has 0 spiro atoms. The standard InChI is InChI=1S/C11H6F2N2O/c12-7-2-1-3-8(13)10(7)11(16)9-6-14-4-5-15-9/h1-6H. The Morgan fingerprint density at radius 2 is 1.81 bits per heavy atom. The highest BCUT2D eigenvalue weighted by Crippen LogP contribution is 2.15. The Bertz CT molecular complexity index is 509. The minimum Gasteiger partial charge on any atom is -0.287 e. The van der Waals surface area contributed by atoms with E-state index in [0.717, 1.165) is 18.3 Å². The van der Waals surface area contributed by atoms with E-state index in [0.29, 0.717) is 0 Å². The summed E-state index contributed by atoms with van der Waals surface area (Å²) in [6, 6.07) is 3.23. The van der Waals surface area contributed by atoms with E-state index >= 15 is 0 Å². The van der Waals surface area contributed by atoms with Crippen molar-refractivity contribution < 1.29 is 13.6 Å². The average molecular weight is 220 g/mol. The summed E-state index contributed by atoms with van der Waals surface area (Å²) >= 11 is 0. The smallest absolute Gasteiger partial charge is 0.218 e. The van der Waals surface area contributed by atoms with Crippen LogP contribution in [0.5, 0.6) is 0 Å². The number of ketones is 1. The summed E-state index contributed by atoms with van der Waals surface area (Å²) in [5, 5.41) is 0. The highest BCUT2D eigenvalue weighted by atomic mass is 19.1. The lowest BCUT2D eigenvalue weighted by atomic mass is 10.1. The summed E-state index contributed by atoms with van der Waals surface area (Å²) in [5.41, 5.74) is -0.700. The predicted molar refractivity (Wildman–Crippen MR) is 51.8 cm³/mol. The van der Waals surface area contributed by atoms with Gasteiger partial charge in [-0.3, -0.25) is 9.78 Å².